The molecule has 5 heteroatoms. The first-order chi connectivity index (χ1) is 30.7. The number of para-hydroxylation sites is 1. The van der Waals surface area contributed by atoms with Crippen LogP contribution in [0.25, 0.3) is 89.5 Å². The molecule has 290 valence electrons. The minimum Gasteiger partial charge on any atom is -0.456 e. The number of benzene rings is 9. The van der Waals surface area contributed by atoms with E-state index in [0.717, 1.165) is 60.9 Å². The lowest BCUT2D eigenvalue weighted by Gasteiger charge is -2.31. The van der Waals surface area contributed by atoms with Crippen molar-refractivity contribution in [2.75, 3.05) is 0 Å². The van der Waals surface area contributed by atoms with Crippen LogP contribution in [0.4, 0.5) is 0 Å². The average Bonchev–Trinajstić information content (AvgIpc) is 3.87. The predicted molar refractivity (Wildman–Crippen MR) is 257 cm³/mol. The molecule has 0 spiro atoms. The third-order valence-electron chi connectivity index (χ3n) is 12.4. The summed E-state index contributed by atoms with van der Waals surface area (Å²) in [6, 6.07) is 80.1. The van der Waals surface area contributed by atoms with Crippen LogP contribution in [0.1, 0.15) is 0 Å². The fourth-order valence-electron chi connectivity index (χ4n) is 9.68. The van der Waals surface area contributed by atoms with Crippen molar-refractivity contribution in [2.45, 2.75) is 0 Å². The smallest absolute Gasteiger partial charge is 0.180 e. The second kappa shape index (κ2) is 14.6. The zero-order valence-corrected chi connectivity index (χ0v) is 34.6. The lowest BCUT2D eigenvalue weighted by molar-refractivity contribution is 0.669. The van der Waals surface area contributed by atoms with Crippen molar-refractivity contribution >= 4 is 50.8 Å². The topological polar surface area (TPSA) is 51.8 Å². The van der Waals surface area contributed by atoms with Gasteiger partial charge in [-0.2, -0.15) is 0 Å². The molecule has 3 heterocycles. The molecule has 11 aromatic rings. The molecule has 0 saturated carbocycles. The van der Waals surface area contributed by atoms with Crippen LogP contribution in [0.2, 0.25) is 0 Å². The quantitative estimate of drug-likeness (QED) is 0.151. The van der Waals surface area contributed by atoms with E-state index in [1.165, 1.54) is 31.9 Å². The van der Waals surface area contributed by atoms with Gasteiger partial charge in [-0.1, -0.05) is 194 Å². The maximum atomic E-state index is 6.53. The Bertz CT molecular complexity index is 3410. The Morgan fingerprint density at radius 2 is 0.774 bits per heavy atom. The van der Waals surface area contributed by atoms with Gasteiger partial charge in [-0.25, -0.2) is 15.0 Å². The number of hydrogen-bond acceptors (Lipinski definition) is 4. The molecule has 0 saturated heterocycles. The first-order valence-electron chi connectivity index (χ1n) is 21.0. The molecule has 0 radical (unpaired) electrons. The van der Waals surface area contributed by atoms with Crippen molar-refractivity contribution < 1.29 is 4.42 Å². The van der Waals surface area contributed by atoms with Crippen molar-refractivity contribution in [1.29, 1.82) is 0 Å². The summed E-state index contributed by atoms with van der Waals surface area (Å²) in [4.78, 5) is 16.3. The van der Waals surface area contributed by atoms with Gasteiger partial charge in [0.15, 0.2) is 25.5 Å². The van der Waals surface area contributed by atoms with Crippen LogP contribution in [0, 0.1) is 0 Å². The normalized spacial score (nSPS) is 12.6. The Hall–Kier alpha value is -7.99. The van der Waals surface area contributed by atoms with Crippen molar-refractivity contribution in [2.24, 2.45) is 0 Å². The number of fused-ring (bicyclic) bond motifs is 6. The molecule has 0 aliphatic carbocycles. The fraction of sp³-hybridized carbons (Fsp3) is 0. The molecule has 1 aliphatic rings. The highest BCUT2D eigenvalue weighted by Crippen LogP contribution is 2.42. The van der Waals surface area contributed by atoms with Crippen LogP contribution in [-0.4, -0.2) is 23.0 Å². The van der Waals surface area contributed by atoms with Crippen LogP contribution in [0.3, 0.4) is 0 Å². The van der Waals surface area contributed by atoms with Crippen LogP contribution in [0.15, 0.2) is 229 Å². The maximum Gasteiger partial charge on any atom is 0.180 e. The van der Waals surface area contributed by atoms with Gasteiger partial charge in [-0.05, 0) is 84.5 Å². The first-order valence-corrected chi connectivity index (χ1v) is 23.0. The summed E-state index contributed by atoms with van der Waals surface area (Å²) in [5.41, 5.74) is 11.1. The molecule has 0 unspecified atom stereocenters. The van der Waals surface area contributed by atoms with E-state index in [1.54, 1.807) is 0 Å². The lowest BCUT2D eigenvalue weighted by Crippen LogP contribution is -2.72. The molecule has 0 fully saturated rings. The number of hydrogen-bond donors (Lipinski definition) is 0. The van der Waals surface area contributed by atoms with E-state index < -0.39 is 8.07 Å². The second-order valence-electron chi connectivity index (χ2n) is 15.9. The average molecular weight is 808 g/mol. The first kappa shape index (κ1) is 35.9. The Morgan fingerprint density at radius 1 is 0.290 bits per heavy atom. The van der Waals surface area contributed by atoms with Crippen molar-refractivity contribution in [3.63, 3.8) is 0 Å². The molecule has 12 rings (SSSR count). The van der Waals surface area contributed by atoms with Gasteiger partial charge in [-0.15, -0.1) is 0 Å². The third kappa shape index (κ3) is 5.70. The second-order valence-corrected chi connectivity index (χ2v) is 19.6. The van der Waals surface area contributed by atoms with Crippen LogP contribution in [-0.2, 0) is 0 Å². The standard InChI is InChI=1S/C57H37N3OSi/c1-6-20-38(21-7-1)45-34-47-43-30-16-18-32-51(43)61-52(47)36-49(45)56-58-55(40-24-10-3-11-25-40)59-57(60-56)50-37-54-48(35-46(50)39-22-8-2-9-23-39)44-31-17-19-33-53(44)62(54,41-26-12-4-13-27-41)42-28-14-5-15-29-42/h1-37H. The Morgan fingerprint density at radius 3 is 1.40 bits per heavy atom. The molecule has 0 atom stereocenters. The van der Waals surface area contributed by atoms with Gasteiger partial charge < -0.3 is 4.42 Å². The number of furan rings is 1. The summed E-state index contributed by atoms with van der Waals surface area (Å²) in [6.45, 7) is 0. The van der Waals surface area contributed by atoms with Gasteiger partial charge >= 0.3 is 0 Å². The SMILES string of the molecule is c1ccc(-c2nc(-c3cc4c(cc3-c3ccccc3)-c3ccccc3[Si]4(c3ccccc3)c3ccccc3)nc(-c3cc4oc5ccccc5c4cc3-c3ccccc3)n2)cc1. The zero-order valence-electron chi connectivity index (χ0n) is 33.6. The van der Waals surface area contributed by atoms with Gasteiger partial charge in [0.2, 0.25) is 0 Å². The van der Waals surface area contributed by atoms with E-state index in [-0.39, 0.29) is 0 Å². The number of aromatic nitrogens is 3. The highest BCUT2D eigenvalue weighted by molar-refractivity contribution is 7.22. The van der Waals surface area contributed by atoms with Gasteiger partial charge in [-0.3, -0.25) is 0 Å². The molecule has 9 aromatic carbocycles. The Kier molecular flexibility index (Phi) is 8.47. The monoisotopic (exact) mass is 807 g/mol. The van der Waals surface area contributed by atoms with Crippen molar-refractivity contribution in [1.82, 2.24) is 15.0 Å². The van der Waals surface area contributed by atoms with E-state index in [1.807, 2.05) is 30.3 Å². The molecule has 0 bridgehead atoms. The van der Waals surface area contributed by atoms with E-state index in [0.29, 0.717) is 17.5 Å². The molecule has 1 aliphatic heterocycles. The predicted octanol–water partition coefficient (Wildman–Crippen LogP) is 11.5. The summed E-state index contributed by atoms with van der Waals surface area (Å²) < 4.78 is 6.53. The Labute approximate surface area is 360 Å². The maximum absolute atomic E-state index is 6.53. The van der Waals surface area contributed by atoms with E-state index in [9.17, 15) is 0 Å². The molecule has 0 N–H and O–H groups in total. The van der Waals surface area contributed by atoms with Gasteiger partial charge in [0.1, 0.15) is 11.2 Å². The summed E-state index contributed by atoms with van der Waals surface area (Å²) in [7, 11) is -2.85. The van der Waals surface area contributed by atoms with Crippen LogP contribution in [0.5, 0.6) is 0 Å². The molecular formula is C57H37N3OSi. The highest BCUT2D eigenvalue weighted by Gasteiger charge is 2.49. The van der Waals surface area contributed by atoms with Gasteiger partial charge in [0, 0.05) is 27.5 Å². The van der Waals surface area contributed by atoms with Gasteiger partial charge in [0.05, 0.1) is 0 Å². The fourth-order valence-corrected chi connectivity index (χ4v) is 14.9. The molecule has 2 aromatic heterocycles. The van der Waals surface area contributed by atoms with Crippen LogP contribution < -0.4 is 20.7 Å². The molecule has 4 nitrogen and oxygen atoms in total. The van der Waals surface area contributed by atoms with E-state index in [2.05, 4.69) is 194 Å². The summed E-state index contributed by atoms with van der Waals surface area (Å²) in [5, 5.41) is 7.50. The minimum absolute atomic E-state index is 0.576. The van der Waals surface area contributed by atoms with Crippen molar-refractivity contribution in [3.8, 4) is 67.5 Å². The largest absolute Gasteiger partial charge is 0.456 e. The van der Waals surface area contributed by atoms with E-state index >= 15 is 0 Å². The minimum atomic E-state index is -2.85. The molecular weight excluding hydrogens is 771 g/mol. The molecule has 0 amide bonds. The highest BCUT2D eigenvalue weighted by atomic mass is 28.3. The summed E-state index contributed by atoms with van der Waals surface area (Å²) >= 11 is 0. The number of nitrogens with zero attached hydrogens (tertiary/aromatic N) is 3. The van der Waals surface area contributed by atoms with Gasteiger partial charge in [0.25, 0.3) is 0 Å². The van der Waals surface area contributed by atoms with Crippen molar-refractivity contribution in [3.05, 3.63) is 224 Å². The summed E-state index contributed by atoms with van der Waals surface area (Å²) in [5.74, 6) is 1.79. The lowest BCUT2D eigenvalue weighted by atomic mass is 9.94. The zero-order chi connectivity index (χ0) is 41.0. The number of rotatable bonds is 7. The summed E-state index contributed by atoms with van der Waals surface area (Å²) in [6.07, 6.45) is 0. The van der Waals surface area contributed by atoms with Crippen LogP contribution >= 0.6 is 0 Å². The third-order valence-corrected chi connectivity index (χ3v) is 17.3. The molecule has 62 heavy (non-hydrogen) atoms. The van der Waals surface area contributed by atoms with E-state index in [4.69, 9.17) is 19.4 Å². The Balaban J connectivity index is 1.19.